The van der Waals surface area contributed by atoms with Crippen molar-refractivity contribution >= 4 is 23.4 Å². The summed E-state index contributed by atoms with van der Waals surface area (Å²) in [4.78, 5) is 14.3. The summed E-state index contributed by atoms with van der Waals surface area (Å²) in [5.41, 5.74) is 7.18. The zero-order chi connectivity index (χ0) is 31.1. The first-order chi connectivity index (χ1) is 21.4. The summed E-state index contributed by atoms with van der Waals surface area (Å²) in [6.07, 6.45) is 3.01. The summed E-state index contributed by atoms with van der Waals surface area (Å²) in [7, 11) is 4.06. The lowest BCUT2D eigenvalue weighted by Crippen LogP contribution is -2.07. The minimum Gasteiger partial charge on any atom is -0.489 e. The Labute approximate surface area is 266 Å². The van der Waals surface area contributed by atoms with Gasteiger partial charge in [-0.25, -0.2) is 4.79 Å². The van der Waals surface area contributed by atoms with Crippen LogP contribution in [0.4, 0.5) is 5.69 Å². The van der Waals surface area contributed by atoms with Crippen LogP contribution in [0.5, 0.6) is 5.75 Å². The van der Waals surface area contributed by atoms with Crippen LogP contribution in [0.25, 0.3) is 0 Å². The molecular formula is C39H37NO3S. The molecule has 222 valence electrons. The molecule has 44 heavy (non-hydrogen) atoms. The van der Waals surface area contributed by atoms with E-state index in [2.05, 4.69) is 77.6 Å². The summed E-state index contributed by atoms with van der Waals surface area (Å²) in [6, 6.07) is 30.7. The highest BCUT2D eigenvalue weighted by Crippen LogP contribution is 2.21. The number of ether oxygens (including phenoxy) is 2. The lowest BCUT2D eigenvalue weighted by Gasteiger charge is -2.11. The van der Waals surface area contributed by atoms with Gasteiger partial charge in [-0.1, -0.05) is 42.4 Å². The average Bonchev–Trinajstić information content (AvgIpc) is 3.05. The van der Waals surface area contributed by atoms with Gasteiger partial charge in [-0.3, -0.25) is 0 Å². The lowest BCUT2D eigenvalue weighted by molar-refractivity contribution is -0.137. The number of hydrogen-bond acceptors (Lipinski definition) is 5. The molecule has 4 nitrogen and oxygen atoms in total. The summed E-state index contributed by atoms with van der Waals surface area (Å²) < 4.78 is 11.1. The van der Waals surface area contributed by atoms with Crippen LogP contribution < -0.4 is 9.64 Å². The topological polar surface area (TPSA) is 38.8 Å². The SMILES string of the molecule is C=CC(=O)OCCCCSc1ccc(C#Cc2ccc(COc3ccc(C#Cc4ccc(N(C)C)cc4)cc3C)cc2)cc1. The van der Waals surface area contributed by atoms with Crippen molar-refractivity contribution in [2.75, 3.05) is 31.4 Å². The first-order valence-electron chi connectivity index (χ1n) is 14.6. The van der Waals surface area contributed by atoms with Crippen molar-refractivity contribution in [3.63, 3.8) is 0 Å². The Hall–Kier alpha value is -4.84. The molecule has 0 atom stereocenters. The van der Waals surface area contributed by atoms with Crippen LogP contribution in [0.2, 0.25) is 0 Å². The van der Waals surface area contributed by atoms with Gasteiger partial charge in [0.25, 0.3) is 0 Å². The predicted octanol–water partition coefficient (Wildman–Crippen LogP) is 8.04. The van der Waals surface area contributed by atoms with Gasteiger partial charge in [0, 0.05) is 53.0 Å². The third-order valence-corrected chi connectivity index (χ3v) is 7.78. The number of aryl methyl sites for hydroxylation is 1. The lowest BCUT2D eigenvalue weighted by atomic mass is 10.1. The second-order valence-corrected chi connectivity index (χ2v) is 11.5. The normalized spacial score (nSPS) is 10.1. The monoisotopic (exact) mass is 599 g/mol. The Morgan fingerprint density at radius 3 is 1.95 bits per heavy atom. The maximum absolute atomic E-state index is 11.0. The van der Waals surface area contributed by atoms with Crippen molar-refractivity contribution in [2.24, 2.45) is 0 Å². The molecule has 0 bridgehead atoms. The van der Waals surface area contributed by atoms with Crippen molar-refractivity contribution in [2.45, 2.75) is 31.3 Å². The molecule has 0 aliphatic heterocycles. The van der Waals surface area contributed by atoms with Crippen molar-refractivity contribution < 1.29 is 14.3 Å². The number of unbranched alkanes of at least 4 members (excludes halogenated alkanes) is 1. The predicted molar refractivity (Wildman–Crippen MR) is 182 cm³/mol. The number of carbonyl (C=O) groups is 1. The van der Waals surface area contributed by atoms with Crippen LogP contribution in [-0.2, 0) is 16.1 Å². The Bertz CT molecular complexity index is 1670. The molecule has 0 aliphatic rings. The number of anilines is 1. The minimum atomic E-state index is -0.364. The van der Waals surface area contributed by atoms with Crippen LogP contribution in [0, 0.1) is 30.6 Å². The molecule has 0 aromatic heterocycles. The molecule has 0 unspecified atom stereocenters. The Kier molecular flexibility index (Phi) is 12.2. The van der Waals surface area contributed by atoms with Crippen molar-refractivity contribution in [3.8, 4) is 29.4 Å². The Balaban J connectivity index is 1.23. The molecule has 4 aromatic carbocycles. The van der Waals surface area contributed by atoms with Gasteiger partial charge in [0.05, 0.1) is 6.61 Å². The number of carbonyl (C=O) groups excluding carboxylic acids is 1. The second kappa shape index (κ2) is 16.7. The number of nitrogens with zero attached hydrogens (tertiary/aromatic N) is 1. The van der Waals surface area contributed by atoms with E-state index in [1.165, 1.54) is 11.0 Å². The molecule has 0 radical (unpaired) electrons. The van der Waals surface area contributed by atoms with E-state index in [1.807, 2.05) is 69.6 Å². The second-order valence-electron chi connectivity index (χ2n) is 10.4. The smallest absolute Gasteiger partial charge is 0.330 e. The molecule has 0 aliphatic carbocycles. The van der Waals surface area contributed by atoms with Crippen LogP contribution in [0.15, 0.2) is 109 Å². The molecule has 0 heterocycles. The summed E-state index contributed by atoms with van der Waals surface area (Å²) in [6.45, 7) is 6.36. The molecule has 4 rings (SSSR count). The van der Waals surface area contributed by atoms with Gasteiger partial charge < -0.3 is 14.4 Å². The highest BCUT2D eigenvalue weighted by Gasteiger charge is 2.03. The van der Waals surface area contributed by atoms with Crippen molar-refractivity contribution in [1.29, 1.82) is 0 Å². The average molecular weight is 600 g/mol. The van der Waals surface area contributed by atoms with E-state index < -0.39 is 0 Å². The third-order valence-electron chi connectivity index (χ3n) is 6.68. The third kappa shape index (κ3) is 10.5. The molecule has 5 heteroatoms. The molecule has 0 saturated heterocycles. The van der Waals surface area contributed by atoms with Gasteiger partial charge in [-0.05, 0) is 116 Å². The first kappa shape index (κ1) is 32.1. The number of hydrogen-bond donors (Lipinski definition) is 0. The largest absolute Gasteiger partial charge is 0.489 e. The molecule has 0 fully saturated rings. The zero-order valence-corrected chi connectivity index (χ0v) is 26.4. The zero-order valence-electron chi connectivity index (χ0n) is 25.6. The fraction of sp³-hybridized carbons (Fsp3) is 0.205. The van der Waals surface area contributed by atoms with E-state index in [9.17, 15) is 4.79 Å². The highest BCUT2D eigenvalue weighted by atomic mass is 32.2. The van der Waals surface area contributed by atoms with Gasteiger partial charge in [-0.15, -0.1) is 11.8 Å². The maximum Gasteiger partial charge on any atom is 0.330 e. The van der Waals surface area contributed by atoms with E-state index in [1.54, 1.807) is 11.8 Å². The maximum atomic E-state index is 11.0. The number of thioether (sulfide) groups is 1. The van der Waals surface area contributed by atoms with E-state index in [0.717, 1.165) is 63.4 Å². The Morgan fingerprint density at radius 2 is 1.36 bits per heavy atom. The van der Waals surface area contributed by atoms with E-state index >= 15 is 0 Å². The molecule has 4 aromatic rings. The standard InChI is InChI=1S/C39H37NO3S/c1-5-39(41)42-26-6-7-27-44-37-23-18-33(19-24-37)9-8-31-11-14-35(15-12-31)29-43-38-25-20-34(28-30(38)2)13-10-32-16-21-36(22-17-32)40(3)4/h5,11-12,14-25,28H,1,6-7,26-27,29H2,2-4H3. The highest BCUT2D eigenvalue weighted by molar-refractivity contribution is 7.99. The fourth-order valence-corrected chi connectivity index (χ4v) is 5.04. The van der Waals surface area contributed by atoms with E-state index in [0.29, 0.717) is 13.2 Å². The Morgan fingerprint density at radius 1 is 0.795 bits per heavy atom. The minimum absolute atomic E-state index is 0.364. The fourth-order valence-electron chi connectivity index (χ4n) is 4.13. The number of esters is 1. The summed E-state index contributed by atoms with van der Waals surface area (Å²) in [5.74, 6) is 14.4. The molecule has 0 N–H and O–H groups in total. The van der Waals surface area contributed by atoms with Crippen molar-refractivity contribution in [1.82, 2.24) is 0 Å². The van der Waals surface area contributed by atoms with Crippen LogP contribution in [-0.4, -0.2) is 32.4 Å². The van der Waals surface area contributed by atoms with Crippen LogP contribution in [0.3, 0.4) is 0 Å². The van der Waals surface area contributed by atoms with Gasteiger partial charge in [-0.2, -0.15) is 0 Å². The van der Waals surface area contributed by atoms with Gasteiger partial charge in [0.15, 0.2) is 0 Å². The summed E-state index contributed by atoms with van der Waals surface area (Å²) in [5, 5.41) is 0. The van der Waals surface area contributed by atoms with Crippen LogP contribution >= 0.6 is 11.8 Å². The van der Waals surface area contributed by atoms with E-state index in [-0.39, 0.29) is 5.97 Å². The van der Waals surface area contributed by atoms with Crippen molar-refractivity contribution in [3.05, 3.63) is 137 Å². The van der Waals surface area contributed by atoms with Gasteiger partial charge in [0.2, 0.25) is 0 Å². The number of benzene rings is 4. The molecule has 0 saturated carbocycles. The quantitative estimate of drug-likeness (QED) is 0.0574. The summed E-state index contributed by atoms with van der Waals surface area (Å²) >= 11 is 1.79. The van der Waals surface area contributed by atoms with E-state index in [4.69, 9.17) is 9.47 Å². The van der Waals surface area contributed by atoms with Gasteiger partial charge >= 0.3 is 5.97 Å². The molecule has 0 amide bonds. The van der Waals surface area contributed by atoms with Crippen LogP contribution in [0.1, 0.15) is 46.2 Å². The molecular weight excluding hydrogens is 563 g/mol. The first-order valence-corrected chi connectivity index (χ1v) is 15.5. The molecule has 0 spiro atoms. The number of rotatable bonds is 11. The van der Waals surface area contributed by atoms with Gasteiger partial charge in [0.1, 0.15) is 12.4 Å².